The van der Waals surface area contributed by atoms with Gasteiger partial charge >= 0.3 is 5.97 Å². The first-order chi connectivity index (χ1) is 6.13. The highest BCUT2D eigenvalue weighted by atomic mass is 16.5. The first-order valence-corrected chi connectivity index (χ1v) is 5.00. The van der Waals surface area contributed by atoms with Gasteiger partial charge in [0.25, 0.3) is 0 Å². The number of hydrogen-bond donors (Lipinski definition) is 1. The van der Waals surface area contributed by atoms with Crippen molar-refractivity contribution in [3.8, 4) is 0 Å². The third-order valence-electron chi connectivity index (χ3n) is 3.87. The Morgan fingerprint density at radius 3 is 2.31 bits per heavy atom. The van der Waals surface area contributed by atoms with Gasteiger partial charge in [0.05, 0.1) is 17.6 Å². The fourth-order valence-electron chi connectivity index (χ4n) is 2.50. The molecule has 3 fully saturated rings. The Hall–Kier alpha value is -0.570. The molecule has 3 heteroatoms. The second kappa shape index (κ2) is 2.71. The van der Waals surface area contributed by atoms with E-state index in [-0.39, 0.29) is 5.60 Å². The highest BCUT2D eigenvalue weighted by molar-refractivity contribution is 5.75. The van der Waals surface area contributed by atoms with Crippen molar-refractivity contribution >= 4 is 5.97 Å². The predicted molar refractivity (Wildman–Crippen MR) is 47.5 cm³/mol. The first kappa shape index (κ1) is 9.00. The Morgan fingerprint density at radius 1 is 1.38 bits per heavy atom. The molecule has 13 heavy (non-hydrogen) atoms. The predicted octanol–water partition coefficient (Wildman–Crippen LogP) is 1.81. The molecule has 0 atom stereocenters. The summed E-state index contributed by atoms with van der Waals surface area (Å²) >= 11 is 0. The smallest absolute Gasteiger partial charge is 0.311 e. The number of rotatable bonds is 2. The number of carbonyl (C=O) groups is 1. The maximum Gasteiger partial charge on any atom is 0.311 e. The molecule has 1 N–H and O–H groups in total. The van der Waals surface area contributed by atoms with Crippen molar-refractivity contribution in [1.82, 2.24) is 0 Å². The van der Waals surface area contributed by atoms with Crippen LogP contribution in [0, 0.1) is 5.41 Å². The summed E-state index contributed by atoms with van der Waals surface area (Å²) < 4.78 is 5.70. The van der Waals surface area contributed by atoms with Crippen molar-refractivity contribution in [3.63, 3.8) is 0 Å². The van der Waals surface area contributed by atoms with E-state index in [0.717, 1.165) is 32.1 Å². The van der Waals surface area contributed by atoms with Crippen molar-refractivity contribution in [1.29, 1.82) is 0 Å². The number of aliphatic carboxylic acids is 1. The first-order valence-electron chi connectivity index (χ1n) is 5.00. The zero-order chi connectivity index (χ0) is 9.53. The van der Waals surface area contributed by atoms with Gasteiger partial charge in [-0.2, -0.15) is 0 Å². The molecule has 0 aromatic heterocycles. The molecule has 3 rings (SSSR count). The second-order valence-electron chi connectivity index (χ2n) is 4.41. The zero-order valence-corrected chi connectivity index (χ0v) is 8.01. The summed E-state index contributed by atoms with van der Waals surface area (Å²) in [6.45, 7) is 2.55. The van der Waals surface area contributed by atoms with Crippen LogP contribution in [-0.2, 0) is 9.53 Å². The molecule has 74 valence electrons. The van der Waals surface area contributed by atoms with Crippen molar-refractivity contribution in [2.24, 2.45) is 5.41 Å². The van der Waals surface area contributed by atoms with E-state index in [1.165, 1.54) is 0 Å². The number of hydrogen-bond acceptors (Lipinski definition) is 2. The Morgan fingerprint density at radius 2 is 2.00 bits per heavy atom. The van der Waals surface area contributed by atoms with Gasteiger partial charge in [-0.05, 0) is 32.1 Å². The van der Waals surface area contributed by atoms with E-state index in [2.05, 4.69) is 6.92 Å². The second-order valence-corrected chi connectivity index (χ2v) is 4.41. The third kappa shape index (κ3) is 1.17. The maximum atomic E-state index is 11.0. The molecule has 0 unspecified atom stereocenters. The van der Waals surface area contributed by atoms with Crippen molar-refractivity contribution in [3.05, 3.63) is 0 Å². The molecule has 2 saturated heterocycles. The van der Waals surface area contributed by atoms with Gasteiger partial charge in [-0.3, -0.25) is 4.79 Å². The van der Waals surface area contributed by atoms with Crippen LogP contribution in [0.1, 0.15) is 39.0 Å². The lowest BCUT2D eigenvalue weighted by atomic mass is 9.65. The van der Waals surface area contributed by atoms with Crippen LogP contribution < -0.4 is 0 Å². The van der Waals surface area contributed by atoms with Crippen molar-refractivity contribution < 1.29 is 14.6 Å². The number of carboxylic acids is 1. The molecule has 3 aliphatic rings. The fourth-order valence-corrected chi connectivity index (χ4v) is 2.50. The molecule has 0 radical (unpaired) electrons. The van der Waals surface area contributed by atoms with Crippen LogP contribution in [0.4, 0.5) is 0 Å². The zero-order valence-electron chi connectivity index (χ0n) is 8.01. The number of ether oxygens (including phenoxy) is 1. The summed E-state index contributed by atoms with van der Waals surface area (Å²) in [5.41, 5.74) is -0.520. The summed E-state index contributed by atoms with van der Waals surface area (Å²) in [5.74, 6) is -0.670. The molecule has 0 aromatic carbocycles. The summed E-state index contributed by atoms with van der Waals surface area (Å²) in [7, 11) is 0. The Balaban J connectivity index is 2.16. The van der Waals surface area contributed by atoms with Crippen LogP contribution in [0.15, 0.2) is 0 Å². The molecule has 2 aliphatic heterocycles. The molecular weight excluding hydrogens is 168 g/mol. The van der Waals surface area contributed by atoms with Gasteiger partial charge in [-0.15, -0.1) is 0 Å². The Bertz CT molecular complexity index is 210. The average molecular weight is 184 g/mol. The molecule has 3 nitrogen and oxygen atoms in total. The van der Waals surface area contributed by atoms with Crippen LogP contribution >= 0.6 is 0 Å². The van der Waals surface area contributed by atoms with Crippen molar-refractivity contribution in [2.75, 3.05) is 6.61 Å². The van der Waals surface area contributed by atoms with E-state index < -0.39 is 11.4 Å². The quantitative estimate of drug-likeness (QED) is 0.712. The Labute approximate surface area is 78.1 Å². The van der Waals surface area contributed by atoms with Gasteiger partial charge < -0.3 is 9.84 Å². The van der Waals surface area contributed by atoms with Crippen LogP contribution in [0.25, 0.3) is 0 Å². The largest absolute Gasteiger partial charge is 0.481 e. The molecule has 0 spiro atoms. The van der Waals surface area contributed by atoms with E-state index in [0.29, 0.717) is 6.61 Å². The SMILES string of the molecule is CCC12CCC(C(=O)O)(CC1)CO2. The minimum atomic E-state index is -0.670. The van der Waals surface area contributed by atoms with Crippen LogP contribution in [0.5, 0.6) is 0 Å². The summed E-state index contributed by atoms with van der Waals surface area (Å²) in [6, 6.07) is 0. The highest BCUT2D eigenvalue weighted by Gasteiger charge is 2.52. The van der Waals surface area contributed by atoms with Gasteiger partial charge in [0.2, 0.25) is 0 Å². The van der Waals surface area contributed by atoms with E-state index >= 15 is 0 Å². The van der Waals surface area contributed by atoms with Gasteiger partial charge in [0, 0.05) is 0 Å². The minimum Gasteiger partial charge on any atom is -0.481 e. The summed E-state index contributed by atoms with van der Waals surface area (Å²) in [6.07, 6.45) is 4.47. The molecule has 2 heterocycles. The van der Waals surface area contributed by atoms with E-state index in [9.17, 15) is 4.79 Å². The molecule has 1 saturated carbocycles. The molecular formula is C10H16O3. The van der Waals surface area contributed by atoms with E-state index in [4.69, 9.17) is 9.84 Å². The van der Waals surface area contributed by atoms with Crippen LogP contribution in [0.2, 0.25) is 0 Å². The average Bonchev–Trinajstić information content (AvgIpc) is 2.20. The van der Waals surface area contributed by atoms with Crippen LogP contribution in [0.3, 0.4) is 0 Å². The lowest BCUT2D eigenvalue weighted by Gasteiger charge is -2.50. The van der Waals surface area contributed by atoms with Gasteiger partial charge in [0.1, 0.15) is 0 Å². The monoisotopic (exact) mass is 184 g/mol. The topological polar surface area (TPSA) is 46.5 Å². The van der Waals surface area contributed by atoms with E-state index in [1.807, 2.05) is 0 Å². The lowest BCUT2D eigenvalue weighted by Crippen LogP contribution is -2.53. The van der Waals surface area contributed by atoms with E-state index in [1.54, 1.807) is 0 Å². The summed E-state index contributed by atoms with van der Waals surface area (Å²) in [4.78, 5) is 11.0. The maximum absolute atomic E-state index is 11.0. The minimum absolute atomic E-state index is 0.0250. The highest BCUT2D eigenvalue weighted by Crippen LogP contribution is 2.50. The van der Waals surface area contributed by atoms with Crippen molar-refractivity contribution in [2.45, 2.75) is 44.6 Å². The number of fused-ring (bicyclic) bond motifs is 3. The number of carboxylic acid groups (broad SMARTS) is 1. The molecule has 2 bridgehead atoms. The van der Waals surface area contributed by atoms with Gasteiger partial charge in [0.15, 0.2) is 0 Å². The molecule has 0 aromatic rings. The van der Waals surface area contributed by atoms with Crippen LogP contribution in [-0.4, -0.2) is 23.3 Å². The normalized spacial score (nSPS) is 43.5. The van der Waals surface area contributed by atoms with Gasteiger partial charge in [-0.1, -0.05) is 6.92 Å². The summed E-state index contributed by atoms with van der Waals surface area (Å²) in [5, 5.41) is 9.09. The molecule has 0 amide bonds. The standard InChI is InChI=1S/C10H16O3/c1-2-10-5-3-9(4-6-10,7-13-10)8(11)12/h2-7H2,1H3,(H,11,12). The fraction of sp³-hybridized carbons (Fsp3) is 0.900. The van der Waals surface area contributed by atoms with Gasteiger partial charge in [-0.25, -0.2) is 0 Å². The molecule has 1 aliphatic carbocycles. The third-order valence-corrected chi connectivity index (χ3v) is 3.87. The lowest BCUT2D eigenvalue weighted by molar-refractivity contribution is -0.202. The Kier molecular flexibility index (Phi) is 1.88.